The summed E-state index contributed by atoms with van der Waals surface area (Å²) in [5, 5.41) is 29.2. The Hall–Kier alpha value is -3.27. The molecular weight excluding hydrogens is 747 g/mol. The van der Waals surface area contributed by atoms with Crippen molar-refractivity contribution in [2.75, 3.05) is 59.1 Å². The van der Waals surface area contributed by atoms with Gasteiger partial charge < -0.3 is 35.4 Å². The normalized spacial score (nSPS) is 27.0. The molecule has 0 radical (unpaired) electrons. The summed E-state index contributed by atoms with van der Waals surface area (Å²) in [6.45, 7) is 13.5. The smallest absolute Gasteiger partial charge is 0.251 e. The molecule has 4 aliphatic rings. The number of rotatable bonds is 15. The van der Waals surface area contributed by atoms with E-state index >= 15 is 0 Å². The van der Waals surface area contributed by atoms with Crippen molar-refractivity contribution in [3.8, 4) is 16.9 Å². The van der Waals surface area contributed by atoms with Crippen LogP contribution in [0, 0.1) is 29.1 Å². The van der Waals surface area contributed by atoms with Crippen molar-refractivity contribution in [3.63, 3.8) is 0 Å². The van der Waals surface area contributed by atoms with Crippen LogP contribution in [0.3, 0.4) is 0 Å². The van der Waals surface area contributed by atoms with Gasteiger partial charge in [0.05, 0.1) is 42.9 Å². The highest BCUT2D eigenvalue weighted by Gasteiger charge is 2.57. The minimum absolute atomic E-state index is 0.00763. The fraction of sp³-hybridized carbons (Fsp3) is 0.674. The molecule has 0 unspecified atom stereocenters. The Balaban J connectivity index is 1.46. The molecule has 0 aromatic heterocycles. The molecule has 13 nitrogen and oxygen atoms in total. The molecule has 6 rings (SSSR count). The third kappa shape index (κ3) is 9.31. The average molecular weight is 814 g/mol. The van der Waals surface area contributed by atoms with Crippen LogP contribution in [-0.4, -0.2) is 130 Å². The van der Waals surface area contributed by atoms with E-state index in [1.165, 1.54) is 6.42 Å². The number of ether oxygens (including phenoxy) is 1. The van der Waals surface area contributed by atoms with Crippen LogP contribution in [0.25, 0.3) is 11.1 Å². The Bertz CT molecular complexity index is 1880. The zero-order valence-electron chi connectivity index (χ0n) is 36.0. The monoisotopic (exact) mass is 813 g/mol. The zero-order valence-corrected chi connectivity index (χ0v) is 36.8. The number of carbonyl (C=O) groups excluding carboxylic acids is 2. The van der Waals surface area contributed by atoms with Gasteiger partial charge in [0, 0.05) is 55.0 Å². The van der Waals surface area contributed by atoms with Crippen molar-refractivity contribution in [1.82, 2.24) is 20.6 Å². The number of likely N-dealkylation sites (N-methyl/N-ethyl adjacent to an activating group) is 1. The number of hydrogen-bond donors (Lipinski definition) is 4. The number of nitrogens with one attached hydrogen (secondary N) is 2. The van der Waals surface area contributed by atoms with Gasteiger partial charge in [0.1, 0.15) is 17.9 Å². The minimum Gasteiger partial charge on any atom is -0.496 e. The predicted molar refractivity (Wildman–Crippen MR) is 224 cm³/mol. The fourth-order valence-electron chi connectivity index (χ4n) is 9.35. The predicted octanol–water partition coefficient (Wildman–Crippen LogP) is 3.96. The number of hydrogen-bond acceptors (Lipinski definition) is 11. The van der Waals surface area contributed by atoms with Gasteiger partial charge in [-0.25, -0.2) is 8.42 Å². The summed E-state index contributed by atoms with van der Waals surface area (Å²) in [6, 6.07) is 9.61. The van der Waals surface area contributed by atoms with Crippen LogP contribution >= 0.6 is 0 Å². The van der Waals surface area contributed by atoms with Gasteiger partial charge in [-0.3, -0.25) is 14.4 Å². The second-order valence-electron chi connectivity index (χ2n) is 18.7. The number of aliphatic hydroxyl groups excluding tert-OH is 2. The summed E-state index contributed by atoms with van der Waals surface area (Å²) < 4.78 is 31.5. The molecule has 1 saturated heterocycles. The first-order valence-corrected chi connectivity index (χ1v) is 21.8. The average Bonchev–Trinajstić information content (AvgIpc) is 3.49. The molecule has 57 heavy (non-hydrogen) atoms. The summed E-state index contributed by atoms with van der Waals surface area (Å²) >= 11 is 0. The van der Waals surface area contributed by atoms with Crippen LogP contribution in [0.1, 0.15) is 77.2 Å². The lowest BCUT2D eigenvalue weighted by Gasteiger charge is -2.62. The van der Waals surface area contributed by atoms with Crippen molar-refractivity contribution in [2.45, 2.75) is 103 Å². The summed E-state index contributed by atoms with van der Waals surface area (Å²) in [5.74, 6) is 0.365. The van der Waals surface area contributed by atoms with Gasteiger partial charge in [0.2, 0.25) is 5.91 Å². The van der Waals surface area contributed by atoms with Crippen molar-refractivity contribution >= 4 is 27.3 Å². The number of carbonyl (C=O) groups is 2. The molecule has 2 amide bonds. The first-order valence-electron chi connectivity index (χ1n) is 20.2. The molecule has 318 valence electrons. The largest absolute Gasteiger partial charge is 0.496 e. The Labute approximate surface area is 340 Å². The number of nitrogens with zero attached hydrogens (tertiary/aromatic N) is 3. The molecular formula is C43H67N5O8S. The second kappa shape index (κ2) is 17.1. The fourth-order valence-corrected chi connectivity index (χ4v) is 10.6. The summed E-state index contributed by atoms with van der Waals surface area (Å²) in [4.78, 5) is 38.3. The highest BCUT2D eigenvalue weighted by molar-refractivity contribution is 7.92. The molecule has 4 fully saturated rings. The lowest BCUT2D eigenvalue weighted by Crippen LogP contribution is -2.62. The van der Waals surface area contributed by atoms with Crippen molar-refractivity contribution in [2.24, 2.45) is 29.1 Å². The summed E-state index contributed by atoms with van der Waals surface area (Å²) in [5.41, 5.74) is 3.44. The maximum absolute atomic E-state index is 14.3. The van der Waals surface area contributed by atoms with Crippen LogP contribution in [0.2, 0.25) is 0 Å². The van der Waals surface area contributed by atoms with E-state index in [9.17, 15) is 28.2 Å². The Morgan fingerprint density at radius 2 is 1.79 bits per heavy atom. The lowest BCUT2D eigenvalue weighted by atomic mass is 9.45. The number of benzene rings is 2. The zero-order chi connectivity index (χ0) is 42.4. The third-order valence-electron chi connectivity index (χ3n) is 13.0. The number of fused-ring (bicyclic) bond motifs is 2. The van der Waals surface area contributed by atoms with E-state index in [0.717, 1.165) is 12.1 Å². The van der Waals surface area contributed by atoms with Crippen molar-refractivity contribution in [3.05, 3.63) is 47.5 Å². The van der Waals surface area contributed by atoms with E-state index in [-0.39, 0.29) is 36.3 Å². The quantitative estimate of drug-likeness (QED) is 0.206. The maximum atomic E-state index is 14.3. The van der Waals surface area contributed by atoms with Gasteiger partial charge in [-0.2, -0.15) is 5.06 Å². The topological polar surface area (TPSA) is 161 Å². The van der Waals surface area contributed by atoms with E-state index in [1.54, 1.807) is 52.0 Å². The van der Waals surface area contributed by atoms with Crippen LogP contribution < -0.4 is 20.3 Å². The highest BCUT2D eigenvalue weighted by Crippen LogP contribution is 2.61. The Morgan fingerprint density at radius 1 is 1.11 bits per heavy atom. The molecule has 0 spiro atoms. The highest BCUT2D eigenvalue weighted by atomic mass is 32.2. The summed E-state index contributed by atoms with van der Waals surface area (Å²) in [7, 11) is 5.46. The van der Waals surface area contributed by atoms with E-state index < -0.39 is 50.7 Å². The number of hydroxylamine groups is 2. The molecule has 3 saturated carbocycles. The van der Waals surface area contributed by atoms with Gasteiger partial charge >= 0.3 is 0 Å². The van der Waals surface area contributed by atoms with E-state index in [2.05, 4.69) is 31.4 Å². The molecule has 1 aliphatic heterocycles. The molecule has 2 aromatic rings. The molecule has 4 N–H and O–H groups in total. The summed E-state index contributed by atoms with van der Waals surface area (Å²) in [6.07, 6.45) is 0.358. The van der Waals surface area contributed by atoms with Gasteiger partial charge in [-0.1, -0.05) is 39.0 Å². The van der Waals surface area contributed by atoms with Crippen LogP contribution in [-0.2, 0) is 26.0 Å². The molecule has 3 aliphatic carbocycles. The third-order valence-corrected chi connectivity index (χ3v) is 15.7. The molecule has 1 heterocycles. The number of anilines is 1. The van der Waals surface area contributed by atoms with Crippen LogP contribution in [0.5, 0.6) is 5.75 Å². The van der Waals surface area contributed by atoms with Crippen LogP contribution in [0.4, 0.5) is 5.69 Å². The van der Waals surface area contributed by atoms with Crippen molar-refractivity contribution < 1.29 is 37.8 Å². The standard InChI is InChI=1S/C43H67N5O8S/c1-25-34-19-30(43(34,6)7)20-35(25)45-41(52)38-37(26(2)50)36(23-49)56-48(38)21-27-14-13-15-33(39(27)55-12)28-16-29(18-32(17-28)47(10)11)40(51)44-31(22-46(8)9)24-57(53,54)42(3,4)5/h13-18,25-26,30-31,34-38,49-50H,19-24H2,1-12H3,(H,44,51)(H,45,52)/t25-,26-,30-,31-,34-,35-,36-,37+,38-/m0/s1. The van der Waals surface area contributed by atoms with Gasteiger partial charge in [-0.15, -0.1) is 0 Å². The Morgan fingerprint density at radius 3 is 2.33 bits per heavy atom. The Kier molecular flexibility index (Phi) is 13.5. The molecule has 9 atom stereocenters. The van der Waals surface area contributed by atoms with Crippen molar-refractivity contribution in [1.29, 1.82) is 0 Å². The SMILES string of the molecule is COc1c(CN2O[C@@H](CO)[C@@H]([C@H](C)O)[C@H]2C(=O)N[C@H]2C[C@@H]3C[C@@H]([C@@H]2C)C3(C)C)cccc1-c1cc(C(=O)N[C@@H](CN(C)C)CS(=O)(=O)C(C)(C)C)cc(N(C)C)c1. The molecule has 2 bridgehead atoms. The minimum atomic E-state index is -3.54. The maximum Gasteiger partial charge on any atom is 0.251 e. The number of methoxy groups -OCH3 is 1. The number of para-hydroxylation sites is 1. The number of aliphatic hydroxyl groups is 2. The number of amides is 2. The first kappa shape index (κ1) is 44.8. The van der Waals surface area contributed by atoms with E-state index in [0.29, 0.717) is 52.3 Å². The van der Waals surface area contributed by atoms with Gasteiger partial charge in [-0.05, 0) is 102 Å². The van der Waals surface area contributed by atoms with Gasteiger partial charge in [0.25, 0.3) is 5.91 Å². The number of sulfone groups is 1. The molecule has 2 aromatic carbocycles. The first-order chi connectivity index (χ1) is 26.5. The second-order valence-corrected chi connectivity index (χ2v) is 21.5. The van der Waals surface area contributed by atoms with E-state index in [1.807, 2.05) is 62.3 Å². The van der Waals surface area contributed by atoms with E-state index in [4.69, 9.17) is 9.57 Å². The van der Waals surface area contributed by atoms with Crippen LogP contribution in [0.15, 0.2) is 36.4 Å². The molecule has 14 heteroatoms. The lowest BCUT2D eigenvalue weighted by molar-refractivity contribution is -0.183. The van der Waals surface area contributed by atoms with Gasteiger partial charge in [0.15, 0.2) is 9.84 Å².